The molecule has 1 N–H and O–H groups in total. The van der Waals surface area contributed by atoms with Gasteiger partial charge in [-0.25, -0.2) is 8.42 Å². The summed E-state index contributed by atoms with van der Waals surface area (Å²) in [6.07, 6.45) is -4.70. The first-order valence-corrected chi connectivity index (χ1v) is 7.59. The number of aromatic nitrogens is 2. The van der Waals surface area contributed by atoms with E-state index in [1.807, 2.05) is 4.72 Å². The second-order valence-corrected chi connectivity index (χ2v) is 6.78. The maximum Gasteiger partial charge on any atom is 0.407 e. The van der Waals surface area contributed by atoms with Gasteiger partial charge in [0.05, 0.1) is 11.4 Å². The summed E-state index contributed by atoms with van der Waals surface area (Å²) in [5, 5.41) is 3.93. The van der Waals surface area contributed by atoms with Crippen molar-refractivity contribution in [1.82, 2.24) is 14.5 Å². The molecule has 1 aromatic heterocycles. The Bertz CT molecular complexity index is 630. The van der Waals surface area contributed by atoms with Gasteiger partial charge in [0.1, 0.15) is 10.4 Å². The fourth-order valence-electron chi connectivity index (χ4n) is 2.43. The van der Waals surface area contributed by atoms with Crippen LogP contribution in [0.25, 0.3) is 0 Å². The number of hydrogen-bond donors (Lipinski definition) is 1. The van der Waals surface area contributed by atoms with Crippen molar-refractivity contribution in [1.29, 1.82) is 0 Å². The second kappa shape index (κ2) is 4.45. The summed E-state index contributed by atoms with van der Waals surface area (Å²) in [7, 11) is -2.71. The molecule has 20 heavy (non-hydrogen) atoms. The molecule has 0 radical (unpaired) electrons. The summed E-state index contributed by atoms with van der Waals surface area (Å²) in [5.74, 6) is 0. The zero-order valence-corrected chi connectivity index (χ0v) is 12.2. The minimum atomic E-state index is -4.59. The van der Waals surface area contributed by atoms with E-state index in [2.05, 4.69) is 5.10 Å². The Balaban J connectivity index is 2.42. The molecule has 1 heterocycles. The number of hydrogen-bond acceptors (Lipinski definition) is 3. The molecule has 0 saturated heterocycles. The fraction of sp³-hybridized carbons (Fsp3) is 0.727. The van der Waals surface area contributed by atoms with E-state index in [-0.39, 0.29) is 23.4 Å². The summed E-state index contributed by atoms with van der Waals surface area (Å²) in [6.45, 7) is 2.97. The van der Waals surface area contributed by atoms with Gasteiger partial charge in [-0.15, -0.1) is 0 Å². The molecule has 0 bridgehead atoms. The quantitative estimate of drug-likeness (QED) is 0.926. The smallest absolute Gasteiger partial charge is 0.271 e. The van der Waals surface area contributed by atoms with E-state index in [0.717, 1.165) is 0 Å². The molecule has 114 valence electrons. The Hall–Kier alpha value is -1.09. The molecule has 1 saturated carbocycles. The van der Waals surface area contributed by atoms with Crippen molar-refractivity contribution in [3.8, 4) is 0 Å². The highest BCUT2D eigenvalue weighted by Crippen LogP contribution is 2.46. The van der Waals surface area contributed by atoms with E-state index in [1.54, 1.807) is 7.05 Å². The van der Waals surface area contributed by atoms with E-state index >= 15 is 0 Å². The number of sulfonamides is 1. The Morgan fingerprint density at radius 3 is 2.15 bits per heavy atom. The van der Waals surface area contributed by atoms with Crippen LogP contribution in [0.3, 0.4) is 0 Å². The normalized spacial score (nSPS) is 18.9. The topological polar surface area (TPSA) is 64.0 Å². The summed E-state index contributed by atoms with van der Waals surface area (Å²) in [6, 6.07) is 0. The van der Waals surface area contributed by atoms with Gasteiger partial charge in [-0.2, -0.15) is 23.0 Å². The average molecular weight is 311 g/mol. The largest absolute Gasteiger partial charge is 0.407 e. The number of rotatable bonds is 3. The first-order valence-electron chi connectivity index (χ1n) is 6.11. The Kier molecular flexibility index (Phi) is 3.41. The molecule has 0 aromatic carbocycles. The lowest BCUT2D eigenvalue weighted by Crippen LogP contribution is -2.62. The molecular weight excluding hydrogens is 295 g/mol. The molecule has 9 heteroatoms. The van der Waals surface area contributed by atoms with Crippen LogP contribution in [0.4, 0.5) is 13.2 Å². The number of nitrogens with zero attached hydrogens (tertiary/aromatic N) is 2. The maximum absolute atomic E-state index is 13.1. The molecule has 1 aliphatic carbocycles. The molecule has 1 aliphatic rings. The van der Waals surface area contributed by atoms with Gasteiger partial charge < -0.3 is 0 Å². The van der Waals surface area contributed by atoms with Crippen molar-refractivity contribution in [3.05, 3.63) is 11.4 Å². The van der Waals surface area contributed by atoms with E-state index in [1.165, 1.54) is 18.5 Å². The predicted molar refractivity (Wildman–Crippen MR) is 65.6 cm³/mol. The van der Waals surface area contributed by atoms with Gasteiger partial charge in [0.15, 0.2) is 0 Å². The summed E-state index contributed by atoms with van der Waals surface area (Å²) in [4.78, 5) is -0.171. The highest BCUT2D eigenvalue weighted by molar-refractivity contribution is 7.89. The predicted octanol–water partition coefficient (Wildman–Crippen LogP) is 1.80. The average Bonchev–Trinajstić information content (AvgIpc) is 2.45. The molecule has 1 aromatic rings. The van der Waals surface area contributed by atoms with Crippen molar-refractivity contribution in [2.24, 2.45) is 7.05 Å². The Morgan fingerprint density at radius 1 is 1.30 bits per heavy atom. The summed E-state index contributed by atoms with van der Waals surface area (Å²) < 4.78 is 66.9. The third-order valence-electron chi connectivity index (χ3n) is 3.79. The van der Waals surface area contributed by atoms with Crippen LogP contribution in [-0.4, -0.2) is 29.9 Å². The summed E-state index contributed by atoms with van der Waals surface area (Å²) in [5.41, 5.74) is -1.83. The van der Waals surface area contributed by atoms with Crippen LogP contribution in [0.2, 0.25) is 0 Å². The Labute approximate surface area is 115 Å². The zero-order valence-electron chi connectivity index (χ0n) is 11.4. The van der Waals surface area contributed by atoms with Crippen LogP contribution in [-0.2, 0) is 17.1 Å². The molecule has 0 spiro atoms. The molecule has 0 atom stereocenters. The van der Waals surface area contributed by atoms with E-state index in [9.17, 15) is 21.6 Å². The molecule has 1 fully saturated rings. The molecular formula is C11H16F3N3O2S. The number of halogens is 3. The van der Waals surface area contributed by atoms with Crippen molar-refractivity contribution >= 4 is 10.0 Å². The SMILES string of the molecule is Cc1nn(C)c(C)c1S(=O)(=O)NC1(C(F)(F)F)CCC1. The lowest BCUT2D eigenvalue weighted by Gasteiger charge is -2.43. The molecule has 0 unspecified atom stereocenters. The van der Waals surface area contributed by atoms with Gasteiger partial charge >= 0.3 is 6.18 Å². The van der Waals surface area contributed by atoms with Gasteiger partial charge in [0.2, 0.25) is 10.0 Å². The van der Waals surface area contributed by atoms with Crippen LogP contribution >= 0.6 is 0 Å². The molecule has 2 rings (SSSR count). The van der Waals surface area contributed by atoms with Gasteiger partial charge in [-0.05, 0) is 33.1 Å². The van der Waals surface area contributed by atoms with Crippen molar-refractivity contribution in [2.45, 2.75) is 49.7 Å². The first kappa shape index (κ1) is 15.3. The van der Waals surface area contributed by atoms with Crippen LogP contribution < -0.4 is 4.72 Å². The minimum absolute atomic E-state index is 0.171. The van der Waals surface area contributed by atoms with Crippen LogP contribution in [0, 0.1) is 13.8 Å². The third-order valence-corrected chi connectivity index (χ3v) is 5.58. The molecule has 0 aliphatic heterocycles. The minimum Gasteiger partial charge on any atom is -0.271 e. The van der Waals surface area contributed by atoms with Crippen molar-refractivity contribution < 1.29 is 21.6 Å². The van der Waals surface area contributed by atoms with Crippen LogP contribution in [0.15, 0.2) is 4.90 Å². The van der Waals surface area contributed by atoms with Gasteiger partial charge in [-0.3, -0.25) is 4.68 Å². The van der Waals surface area contributed by atoms with E-state index in [0.29, 0.717) is 12.1 Å². The zero-order chi connectivity index (χ0) is 15.3. The monoisotopic (exact) mass is 311 g/mol. The number of nitrogens with one attached hydrogen (secondary N) is 1. The first-order chi connectivity index (χ1) is 9.00. The van der Waals surface area contributed by atoms with Gasteiger partial charge in [-0.1, -0.05) is 0 Å². The maximum atomic E-state index is 13.1. The second-order valence-electron chi connectivity index (χ2n) is 5.16. The van der Waals surface area contributed by atoms with Gasteiger partial charge in [0.25, 0.3) is 0 Å². The lowest BCUT2D eigenvalue weighted by molar-refractivity contribution is -0.212. The van der Waals surface area contributed by atoms with E-state index in [4.69, 9.17) is 0 Å². The van der Waals surface area contributed by atoms with Crippen molar-refractivity contribution in [3.63, 3.8) is 0 Å². The third kappa shape index (κ3) is 2.22. The summed E-state index contributed by atoms with van der Waals surface area (Å²) >= 11 is 0. The van der Waals surface area contributed by atoms with Crippen LogP contribution in [0.5, 0.6) is 0 Å². The standard InChI is InChI=1S/C11H16F3N3O2S/c1-7-9(8(2)17(3)15-7)20(18,19)16-10(5-4-6-10)11(12,13)14/h16H,4-6H2,1-3H3. The lowest BCUT2D eigenvalue weighted by atomic mass is 9.77. The fourth-order valence-corrected chi connectivity index (χ4v) is 4.31. The number of alkyl halides is 3. The van der Waals surface area contributed by atoms with Crippen LogP contribution in [0.1, 0.15) is 30.7 Å². The van der Waals surface area contributed by atoms with E-state index < -0.39 is 21.7 Å². The van der Waals surface area contributed by atoms with Gasteiger partial charge in [0, 0.05) is 7.05 Å². The van der Waals surface area contributed by atoms with Crippen molar-refractivity contribution in [2.75, 3.05) is 0 Å². The molecule has 0 amide bonds. The Morgan fingerprint density at radius 2 is 1.85 bits per heavy atom. The highest BCUT2D eigenvalue weighted by Gasteiger charge is 2.60. The molecule has 5 nitrogen and oxygen atoms in total. The number of aryl methyl sites for hydroxylation is 2. The highest BCUT2D eigenvalue weighted by atomic mass is 32.2.